The van der Waals surface area contributed by atoms with E-state index in [2.05, 4.69) is 6.07 Å². The predicted molar refractivity (Wildman–Crippen MR) is 280 cm³/mol. The standard InChI is InChI=1S/C62H32F12N6/c63-59(64,65)38-19-24-50-45(29-38)46-30-39(60(66,67)68)20-25-51(46)79(50)49-23-18-36(42-15-8-7-14-37(42)33-75)28-44(49)43-16-9-17-54(55(43)58-77-56(34-10-3-1-4-11-34)76-57(78-58)35-12-5-2-6-13-35)80-52-26-21-40(61(69,70)71)31-47(52)48-32-41(62(72,73)74)22-27-53(48)80/h1-32H. The molecule has 0 unspecified atom stereocenters. The molecule has 3 heterocycles. The van der Waals surface area contributed by atoms with Crippen LogP contribution in [0.4, 0.5) is 52.7 Å². The maximum Gasteiger partial charge on any atom is 0.416 e. The third-order valence-corrected chi connectivity index (χ3v) is 13.9. The van der Waals surface area contributed by atoms with Crippen LogP contribution in [-0.2, 0) is 24.7 Å². The first-order valence-electron chi connectivity index (χ1n) is 24.3. The summed E-state index contributed by atoms with van der Waals surface area (Å²) in [6.07, 6.45) is -19.6. The van der Waals surface area contributed by atoms with Gasteiger partial charge < -0.3 is 9.13 Å². The fraction of sp³-hybridized carbons (Fsp3) is 0.0645. The molecule has 12 rings (SSSR count). The summed E-state index contributed by atoms with van der Waals surface area (Å²) in [4.78, 5) is 15.0. The average molecular weight is 1090 g/mol. The third kappa shape index (κ3) is 8.90. The van der Waals surface area contributed by atoms with Crippen LogP contribution in [-0.4, -0.2) is 24.1 Å². The van der Waals surface area contributed by atoms with Crippen molar-refractivity contribution >= 4 is 43.6 Å². The molecule has 0 fully saturated rings. The molecule has 0 N–H and O–H groups in total. The molecule has 0 aliphatic heterocycles. The molecular weight excluding hydrogens is 1060 g/mol. The van der Waals surface area contributed by atoms with Crippen molar-refractivity contribution in [2.75, 3.05) is 0 Å². The smallest absolute Gasteiger partial charge is 0.309 e. The number of benzene rings is 9. The van der Waals surface area contributed by atoms with E-state index in [-0.39, 0.29) is 94.7 Å². The number of halogens is 12. The van der Waals surface area contributed by atoms with Gasteiger partial charge in [-0.3, -0.25) is 0 Å². The lowest BCUT2D eigenvalue weighted by molar-refractivity contribution is -0.138. The van der Waals surface area contributed by atoms with Crippen LogP contribution >= 0.6 is 0 Å². The number of nitriles is 1. The second-order valence-corrected chi connectivity index (χ2v) is 18.7. The zero-order valence-corrected chi connectivity index (χ0v) is 40.7. The lowest BCUT2D eigenvalue weighted by Gasteiger charge is -2.22. The van der Waals surface area contributed by atoms with Crippen LogP contribution in [0.3, 0.4) is 0 Å². The van der Waals surface area contributed by atoms with E-state index >= 15 is 0 Å². The summed E-state index contributed by atoms with van der Waals surface area (Å²) >= 11 is 0. The molecule has 0 radical (unpaired) electrons. The van der Waals surface area contributed by atoms with Crippen LogP contribution in [0.1, 0.15) is 27.8 Å². The van der Waals surface area contributed by atoms with Crippen molar-refractivity contribution in [3.63, 3.8) is 0 Å². The van der Waals surface area contributed by atoms with Gasteiger partial charge in [0.05, 0.1) is 72.9 Å². The lowest BCUT2D eigenvalue weighted by atomic mass is 9.91. The molecule has 0 aliphatic carbocycles. The van der Waals surface area contributed by atoms with Crippen molar-refractivity contribution in [1.29, 1.82) is 5.26 Å². The molecule has 0 atom stereocenters. The molecule has 0 spiro atoms. The van der Waals surface area contributed by atoms with Gasteiger partial charge in [-0.2, -0.15) is 57.9 Å². The summed E-state index contributed by atoms with van der Waals surface area (Å²) < 4.78 is 177. The molecule has 0 aliphatic rings. The molecule has 0 amide bonds. The molecule has 394 valence electrons. The molecule has 18 heteroatoms. The van der Waals surface area contributed by atoms with E-state index in [9.17, 15) is 57.9 Å². The summed E-state index contributed by atoms with van der Waals surface area (Å²) in [6.45, 7) is 0. The summed E-state index contributed by atoms with van der Waals surface area (Å²) in [5.41, 5.74) is -1.43. The fourth-order valence-electron chi connectivity index (χ4n) is 10.3. The summed E-state index contributed by atoms with van der Waals surface area (Å²) in [6, 6.07) is 46.9. The Kier molecular flexibility index (Phi) is 11.9. The van der Waals surface area contributed by atoms with Gasteiger partial charge in [0, 0.05) is 38.2 Å². The summed E-state index contributed by atoms with van der Waals surface area (Å²) in [7, 11) is 0. The molecule has 12 aromatic rings. The number of rotatable bonds is 7. The Morgan fingerprint density at radius 1 is 0.325 bits per heavy atom. The number of hydrogen-bond acceptors (Lipinski definition) is 4. The first kappa shape index (κ1) is 51.0. The largest absolute Gasteiger partial charge is 0.416 e. The molecule has 6 nitrogen and oxygen atoms in total. The predicted octanol–water partition coefficient (Wildman–Crippen LogP) is 18.3. The van der Waals surface area contributed by atoms with Gasteiger partial charge in [0.15, 0.2) is 17.5 Å². The number of hydrogen-bond donors (Lipinski definition) is 0. The SMILES string of the molecule is N#Cc1ccccc1-c1ccc(-n2c3ccc(C(F)(F)F)cc3c3cc(C(F)(F)F)ccc32)c(-c2cccc(-n3c4ccc(C(F)(F)F)cc4c4cc(C(F)(F)F)ccc43)c2-c2nc(-c3ccccc3)nc(-c3ccccc3)n2)c1. The number of alkyl halides is 12. The topological polar surface area (TPSA) is 72.3 Å². The zero-order chi connectivity index (χ0) is 56.0. The van der Waals surface area contributed by atoms with Crippen molar-refractivity contribution in [3.05, 3.63) is 222 Å². The molecule has 0 bridgehead atoms. The van der Waals surface area contributed by atoms with Gasteiger partial charge in [-0.25, -0.2) is 15.0 Å². The van der Waals surface area contributed by atoms with E-state index in [0.29, 0.717) is 22.3 Å². The van der Waals surface area contributed by atoms with Crippen LogP contribution in [0, 0.1) is 11.3 Å². The minimum atomic E-state index is -4.91. The van der Waals surface area contributed by atoms with E-state index in [0.717, 1.165) is 72.8 Å². The minimum absolute atomic E-state index is 0.0339. The highest BCUT2D eigenvalue weighted by Crippen LogP contribution is 2.48. The van der Waals surface area contributed by atoms with Crippen LogP contribution in [0.5, 0.6) is 0 Å². The lowest BCUT2D eigenvalue weighted by Crippen LogP contribution is -2.07. The Labute approximate surface area is 444 Å². The van der Waals surface area contributed by atoms with Crippen LogP contribution in [0.2, 0.25) is 0 Å². The van der Waals surface area contributed by atoms with Crippen LogP contribution in [0.25, 0.3) is 111 Å². The quantitative estimate of drug-likeness (QED) is 0.149. The molecule has 0 saturated heterocycles. The Hall–Kier alpha value is -9.76. The highest BCUT2D eigenvalue weighted by molar-refractivity contribution is 6.12. The highest BCUT2D eigenvalue weighted by atomic mass is 19.4. The van der Waals surface area contributed by atoms with Gasteiger partial charge in [-0.15, -0.1) is 0 Å². The molecular formula is C62H32F12N6. The third-order valence-electron chi connectivity index (χ3n) is 13.9. The van der Waals surface area contributed by atoms with Crippen molar-refractivity contribution < 1.29 is 52.7 Å². The van der Waals surface area contributed by atoms with Gasteiger partial charge in [-0.05, 0) is 114 Å². The van der Waals surface area contributed by atoms with Crippen LogP contribution < -0.4 is 0 Å². The maximum absolute atomic E-state index is 14.6. The first-order valence-corrected chi connectivity index (χ1v) is 24.3. The number of fused-ring (bicyclic) bond motifs is 6. The van der Waals surface area contributed by atoms with E-state index in [1.807, 2.05) is 0 Å². The first-order chi connectivity index (χ1) is 38.2. The van der Waals surface area contributed by atoms with Crippen molar-refractivity contribution in [2.45, 2.75) is 24.7 Å². The molecule has 3 aromatic heterocycles. The molecule has 0 saturated carbocycles. The number of aromatic nitrogens is 5. The minimum Gasteiger partial charge on any atom is -0.309 e. The van der Waals surface area contributed by atoms with Gasteiger partial charge in [-0.1, -0.05) is 97.1 Å². The Morgan fingerprint density at radius 3 is 1.14 bits per heavy atom. The molecule has 9 aromatic carbocycles. The van der Waals surface area contributed by atoms with Crippen LogP contribution in [0.15, 0.2) is 194 Å². The van der Waals surface area contributed by atoms with E-state index in [4.69, 9.17) is 15.0 Å². The average Bonchev–Trinajstić information content (AvgIpc) is 4.19. The Bertz CT molecular complexity index is 4290. The van der Waals surface area contributed by atoms with Crippen molar-refractivity contribution in [3.8, 4) is 73.9 Å². The Morgan fingerprint density at radius 2 is 0.713 bits per heavy atom. The van der Waals surface area contributed by atoms with Crippen molar-refractivity contribution in [2.24, 2.45) is 0 Å². The van der Waals surface area contributed by atoms with E-state index < -0.39 is 47.0 Å². The summed E-state index contributed by atoms with van der Waals surface area (Å²) in [5.74, 6) is 0.211. The number of nitrogens with zero attached hydrogens (tertiary/aromatic N) is 6. The second-order valence-electron chi connectivity index (χ2n) is 18.7. The highest BCUT2D eigenvalue weighted by Gasteiger charge is 2.36. The molecule has 80 heavy (non-hydrogen) atoms. The zero-order valence-electron chi connectivity index (χ0n) is 40.7. The Balaban J connectivity index is 1.27. The van der Waals surface area contributed by atoms with Gasteiger partial charge in [0.25, 0.3) is 0 Å². The fourth-order valence-corrected chi connectivity index (χ4v) is 10.3. The van der Waals surface area contributed by atoms with E-state index in [1.54, 1.807) is 121 Å². The van der Waals surface area contributed by atoms with E-state index in [1.165, 1.54) is 9.13 Å². The maximum atomic E-state index is 14.6. The van der Waals surface area contributed by atoms with Gasteiger partial charge >= 0.3 is 24.7 Å². The van der Waals surface area contributed by atoms with Gasteiger partial charge in [0.1, 0.15) is 0 Å². The second kappa shape index (κ2) is 18.7. The van der Waals surface area contributed by atoms with Crippen molar-refractivity contribution in [1.82, 2.24) is 24.1 Å². The normalized spacial score (nSPS) is 12.5. The monoisotopic (exact) mass is 1090 g/mol. The van der Waals surface area contributed by atoms with Gasteiger partial charge in [0.2, 0.25) is 0 Å². The summed E-state index contributed by atoms with van der Waals surface area (Å²) in [5, 5.41) is 9.62.